The monoisotopic (exact) mass is 239 g/mol. The summed E-state index contributed by atoms with van der Waals surface area (Å²) in [5, 5.41) is 0. The zero-order valence-electron chi connectivity index (χ0n) is 10.9. The summed E-state index contributed by atoms with van der Waals surface area (Å²) >= 11 is 0. The first-order valence-electron chi connectivity index (χ1n) is 5.75. The summed E-state index contributed by atoms with van der Waals surface area (Å²) in [6, 6.07) is 3.85. The molecule has 2 N–H and O–H groups in total. The maximum atomic E-state index is 5.82. The predicted molar refractivity (Wildman–Crippen MR) is 68.1 cm³/mol. The molecule has 0 saturated heterocycles. The standard InChI is InChI=1S/C13H21NO3/c1-5-17-11-8-13(16-4)12(15-3)7-10(11)6-9(2)14/h7-9H,5-6,14H2,1-4H3. The van der Waals surface area contributed by atoms with E-state index in [1.165, 1.54) is 0 Å². The molecule has 1 rings (SSSR count). The number of methoxy groups -OCH3 is 2. The van der Waals surface area contributed by atoms with Gasteiger partial charge in [-0.1, -0.05) is 0 Å². The van der Waals surface area contributed by atoms with Crippen molar-refractivity contribution in [2.75, 3.05) is 20.8 Å². The molecule has 0 heterocycles. The summed E-state index contributed by atoms with van der Waals surface area (Å²) in [5.74, 6) is 2.18. The van der Waals surface area contributed by atoms with Crippen molar-refractivity contribution in [2.24, 2.45) is 5.73 Å². The second-order valence-electron chi connectivity index (χ2n) is 3.93. The van der Waals surface area contributed by atoms with E-state index in [4.69, 9.17) is 19.9 Å². The number of ether oxygens (including phenoxy) is 3. The molecule has 0 radical (unpaired) electrons. The molecule has 0 aliphatic rings. The Balaban J connectivity index is 3.14. The van der Waals surface area contributed by atoms with E-state index in [-0.39, 0.29) is 6.04 Å². The number of nitrogens with two attached hydrogens (primary N) is 1. The summed E-state index contributed by atoms with van der Waals surface area (Å²) in [7, 11) is 3.23. The van der Waals surface area contributed by atoms with Crippen LogP contribution in [-0.2, 0) is 6.42 Å². The van der Waals surface area contributed by atoms with Crippen molar-refractivity contribution in [3.05, 3.63) is 17.7 Å². The Morgan fingerprint density at radius 3 is 2.18 bits per heavy atom. The van der Waals surface area contributed by atoms with Gasteiger partial charge in [-0.3, -0.25) is 0 Å². The van der Waals surface area contributed by atoms with Gasteiger partial charge in [-0.2, -0.15) is 0 Å². The fraction of sp³-hybridized carbons (Fsp3) is 0.538. The van der Waals surface area contributed by atoms with Gasteiger partial charge in [-0.25, -0.2) is 0 Å². The van der Waals surface area contributed by atoms with Crippen molar-refractivity contribution in [2.45, 2.75) is 26.3 Å². The van der Waals surface area contributed by atoms with Crippen LogP contribution in [0.15, 0.2) is 12.1 Å². The Kier molecular flexibility index (Phi) is 5.10. The van der Waals surface area contributed by atoms with Crippen LogP contribution in [0.5, 0.6) is 17.2 Å². The second-order valence-corrected chi connectivity index (χ2v) is 3.93. The van der Waals surface area contributed by atoms with Crippen LogP contribution in [-0.4, -0.2) is 26.9 Å². The highest BCUT2D eigenvalue weighted by Gasteiger charge is 2.13. The van der Waals surface area contributed by atoms with Gasteiger partial charge in [0.05, 0.1) is 20.8 Å². The van der Waals surface area contributed by atoms with Crippen LogP contribution >= 0.6 is 0 Å². The lowest BCUT2D eigenvalue weighted by molar-refractivity contribution is 0.323. The maximum Gasteiger partial charge on any atom is 0.164 e. The van der Waals surface area contributed by atoms with Crippen molar-refractivity contribution >= 4 is 0 Å². The van der Waals surface area contributed by atoms with E-state index in [2.05, 4.69) is 0 Å². The molecule has 0 saturated carbocycles. The Morgan fingerprint density at radius 2 is 1.71 bits per heavy atom. The Bertz CT molecular complexity index is 364. The summed E-state index contributed by atoms with van der Waals surface area (Å²) < 4.78 is 16.1. The van der Waals surface area contributed by atoms with Gasteiger partial charge in [0.25, 0.3) is 0 Å². The zero-order chi connectivity index (χ0) is 12.8. The van der Waals surface area contributed by atoms with Crippen LogP contribution in [0.3, 0.4) is 0 Å². The molecule has 4 nitrogen and oxygen atoms in total. The maximum absolute atomic E-state index is 5.82. The number of hydrogen-bond donors (Lipinski definition) is 1. The SMILES string of the molecule is CCOc1cc(OC)c(OC)cc1CC(C)N. The van der Waals surface area contributed by atoms with E-state index >= 15 is 0 Å². The van der Waals surface area contributed by atoms with Crippen molar-refractivity contribution in [3.63, 3.8) is 0 Å². The Morgan fingerprint density at radius 1 is 1.12 bits per heavy atom. The minimum absolute atomic E-state index is 0.0762. The Hall–Kier alpha value is -1.42. The molecule has 1 unspecified atom stereocenters. The predicted octanol–water partition coefficient (Wildman–Crippen LogP) is 1.99. The van der Waals surface area contributed by atoms with Crippen LogP contribution in [0, 0.1) is 0 Å². The summed E-state index contributed by atoms with van der Waals surface area (Å²) in [4.78, 5) is 0. The van der Waals surface area contributed by atoms with Crippen LogP contribution < -0.4 is 19.9 Å². The van der Waals surface area contributed by atoms with Gasteiger partial charge in [0.2, 0.25) is 0 Å². The first-order valence-corrected chi connectivity index (χ1v) is 5.75. The van der Waals surface area contributed by atoms with Gasteiger partial charge in [0.1, 0.15) is 5.75 Å². The highest BCUT2D eigenvalue weighted by molar-refractivity contribution is 5.51. The molecule has 4 heteroatoms. The lowest BCUT2D eigenvalue weighted by atomic mass is 10.1. The average molecular weight is 239 g/mol. The fourth-order valence-corrected chi connectivity index (χ4v) is 1.70. The first-order chi connectivity index (χ1) is 8.12. The average Bonchev–Trinajstić information content (AvgIpc) is 2.30. The van der Waals surface area contributed by atoms with Crippen LogP contribution in [0.4, 0.5) is 0 Å². The van der Waals surface area contributed by atoms with Gasteiger partial charge < -0.3 is 19.9 Å². The van der Waals surface area contributed by atoms with Crippen LogP contribution in [0.2, 0.25) is 0 Å². The van der Waals surface area contributed by atoms with Gasteiger partial charge >= 0.3 is 0 Å². The van der Waals surface area contributed by atoms with Crippen LogP contribution in [0.25, 0.3) is 0 Å². The molecule has 0 bridgehead atoms. The molecule has 0 aromatic heterocycles. The number of rotatable bonds is 6. The molecule has 0 aliphatic carbocycles. The molecule has 96 valence electrons. The van der Waals surface area contributed by atoms with Crippen molar-refractivity contribution in [1.29, 1.82) is 0 Å². The number of hydrogen-bond acceptors (Lipinski definition) is 4. The van der Waals surface area contributed by atoms with Gasteiger partial charge in [0, 0.05) is 12.1 Å². The Labute approximate surface area is 103 Å². The molecule has 1 atom stereocenters. The zero-order valence-corrected chi connectivity index (χ0v) is 10.9. The third-order valence-corrected chi connectivity index (χ3v) is 2.41. The lowest BCUT2D eigenvalue weighted by Crippen LogP contribution is -2.18. The summed E-state index contributed by atoms with van der Waals surface area (Å²) in [5.41, 5.74) is 6.87. The van der Waals surface area contributed by atoms with Gasteiger partial charge in [-0.15, -0.1) is 0 Å². The molecular weight excluding hydrogens is 218 g/mol. The van der Waals surface area contributed by atoms with E-state index < -0.39 is 0 Å². The topological polar surface area (TPSA) is 53.7 Å². The smallest absolute Gasteiger partial charge is 0.164 e. The van der Waals surface area contributed by atoms with E-state index in [9.17, 15) is 0 Å². The molecule has 1 aromatic rings. The normalized spacial score (nSPS) is 12.1. The third-order valence-electron chi connectivity index (χ3n) is 2.41. The number of benzene rings is 1. The molecular formula is C13H21NO3. The van der Waals surface area contributed by atoms with E-state index in [0.29, 0.717) is 18.1 Å². The minimum Gasteiger partial charge on any atom is -0.493 e. The highest BCUT2D eigenvalue weighted by atomic mass is 16.5. The molecule has 1 aromatic carbocycles. The van der Waals surface area contributed by atoms with E-state index in [1.54, 1.807) is 14.2 Å². The third kappa shape index (κ3) is 3.53. The minimum atomic E-state index is 0.0762. The molecule has 0 fully saturated rings. The quantitative estimate of drug-likeness (QED) is 0.825. The first kappa shape index (κ1) is 13.6. The molecule has 17 heavy (non-hydrogen) atoms. The molecule has 0 spiro atoms. The second kappa shape index (κ2) is 6.35. The van der Waals surface area contributed by atoms with Crippen molar-refractivity contribution < 1.29 is 14.2 Å². The van der Waals surface area contributed by atoms with Crippen molar-refractivity contribution in [1.82, 2.24) is 0 Å². The van der Waals surface area contributed by atoms with E-state index in [1.807, 2.05) is 26.0 Å². The lowest BCUT2D eigenvalue weighted by Gasteiger charge is -2.16. The molecule has 0 aliphatic heterocycles. The largest absolute Gasteiger partial charge is 0.493 e. The van der Waals surface area contributed by atoms with Crippen LogP contribution in [0.1, 0.15) is 19.4 Å². The van der Waals surface area contributed by atoms with Crippen molar-refractivity contribution in [3.8, 4) is 17.2 Å². The summed E-state index contributed by atoms with van der Waals surface area (Å²) in [6.45, 7) is 4.53. The van der Waals surface area contributed by atoms with E-state index in [0.717, 1.165) is 17.7 Å². The highest BCUT2D eigenvalue weighted by Crippen LogP contribution is 2.35. The fourth-order valence-electron chi connectivity index (χ4n) is 1.70. The summed E-state index contributed by atoms with van der Waals surface area (Å²) in [6.07, 6.45) is 0.746. The van der Waals surface area contributed by atoms with Gasteiger partial charge in [0.15, 0.2) is 11.5 Å². The molecule has 0 amide bonds. The van der Waals surface area contributed by atoms with Gasteiger partial charge in [-0.05, 0) is 31.9 Å².